The van der Waals surface area contributed by atoms with Crippen molar-refractivity contribution in [1.82, 2.24) is 19.7 Å². The van der Waals surface area contributed by atoms with Crippen molar-refractivity contribution in [3.05, 3.63) is 5.82 Å². The Bertz CT molecular complexity index is 638. The van der Waals surface area contributed by atoms with Gasteiger partial charge in [-0.3, -0.25) is 9.59 Å². The smallest absolute Gasteiger partial charge is 0.233 e. The first-order valence-corrected chi connectivity index (χ1v) is 10.7. The summed E-state index contributed by atoms with van der Waals surface area (Å²) in [5.74, 6) is 1.57. The molecule has 0 atom stereocenters. The number of nitrogens with two attached hydrogens (primary N) is 1. The van der Waals surface area contributed by atoms with Gasteiger partial charge in [0.15, 0.2) is 5.16 Å². The molecule has 2 amide bonds. The lowest BCUT2D eigenvalue weighted by atomic mass is 9.94. The van der Waals surface area contributed by atoms with E-state index in [1.54, 1.807) is 0 Å². The van der Waals surface area contributed by atoms with Gasteiger partial charge in [0.25, 0.3) is 0 Å². The Kier molecular flexibility index (Phi) is 6.56. The fraction of sp³-hybridized carbons (Fsp3) is 0.778. The lowest BCUT2D eigenvalue weighted by Gasteiger charge is -2.33. The van der Waals surface area contributed by atoms with Crippen molar-refractivity contribution in [2.24, 2.45) is 5.73 Å². The molecule has 1 aromatic rings. The molecule has 26 heavy (non-hydrogen) atoms. The third kappa shape index (κ3) is 4.78. The van der Waals surface area contributed by atoms with E-state index >= 15 is 0 Å². The highest BCUT2D eigenvalue weighted by atomic mass is 32.2. The minimum atomic E-state index is -0.332. The first kappa shape index (κ1) is 19.2. The number of primary amides is 1. The Morgan fingerprint density at radius 3 is 2.54 bits per heavy atom. The zero-order chi connectivity index (χ0) is 18.5. The molecule has 3 rings (SSSR count). The molecule has 1 heterocycles. The summed E-state index contributed by atoms with van der Waals surface area (Å²) >= 11 is 1.43. The maximum Gasteiger partial charge on any atom is 0.233 e. The largest absolute Gasteiger partial charge is 0.370 e. The average Bonchev–Trinajstić information content (AvgIpc) is 3.40. The van der Waals surface area contributed by atoms with Gasteiger partial charge in [-0.25, -0.2) is 0 Å². The van der Waals surface area contributed by atoms with Crippen LogP contribution in [0.3, 0.4) is 0 Å². The molecular weight excluding hydrogens is 350 g/mol. The quantitative estimate of drug-likeness (QED) is 0.665. The molecule has 2 saturated carbocycles. The number of carbonyl (C=O) groups excluding carboxylic acids is 2. The number of carbonyl (C=O) groups is 2. The van der Waals surface area contributed by atoms with Gasteiger partial charge in [-0.1, -0.05) is 31.0 Å². The topological polar surface area (TPSA) is 94.1 Å². The van der Waals surface area contributed by atoms with Gasteiger partial charge in [-0.05, 0) is 32.6 Å². The molecular formula is C18H29N5O2S. The van der Waals surface area contributed by atoms with E-state index in [0.29, 0.717) is 24.3 Å². The van der Waals surface area contributed by atoms with E-state index in [4.69, 9.17) is 5.73 Å². The summed E-state index contributed by atoms with van der Waals surface area (Å²) in [6.07, 6.45) is 8.44. The molecule has 0 spiro atoms. The highest BCUT2D eigenvalue weighted by Gasteiger charge is 2.31. The zero-order valence-electron chi connectivity index (χ0n) is 15.5. The van der Waals surface area contributed by atoms with Crippen molar-refractivity contribution in [3.8, 4) is 0 Å². The van der Waals surface area contributed by atoms with Crippen LogP contribution in [0, 0.1) is 0 Å². The van der Waals surface area contributed by atoms with Gasteiger partial charge in [0.05, 0.1) is 5.75 Å². The molecule has 2 fully saturated rings. The Morgan fingerprint density at radius 1 is 1.19 bits per heavy atom. The normalized spacial score (nSPS) is 18.0. The summed E-state index contributed by atoms with van der Waals surface area (Å²) in [5, 5.41) is 9.31. The Labute approximate surface area is 159 Å². The summed E-state index contributed by atoms with van der Waals surface area (Å²) in [4.78, 5) is 25.9. The summed E-state index contributed by atoms with van der Waals surface area (Å²) in [6, 6.07) is 0.386. The molecule has 0 aromatic carbocycles. The molecule has 0 radical (unpaired) electrons. The molecule has 0 saturated heterocycles. The van der Waals surface area contributed by atoms with Crippen LogP contribution in [0.4, 0.5) is 0 Å². The standard InChI is InChI=1S/C18H29N5O2S/c1-2-22(14-6-4-3-5-7-14)16(25)12-26-18-21-20-17(13-8-9-13)23(18)11-10-15(19)24/h13-14H,2-12H2,1H3,(H2,19,24). The van der Waals surface area contributed by atoms with Crippen molar-refractivity contribution in [2.75, 3.05) is 12.3 Å². The minimum Gasteiger partial charge on any atom is -0.370 e. The van der Waals surface area contributed by atoms with Crippen LogP contribution < -0.4 is 5.73 Å². The zero-order valence-corrected chi connectivity index (χ0v) is 16.3. The molecule has 2 N–H and O–H groups in total. The summed E-state index contributed by atoms with van der Waals surface area (Å²) in [5.41, 5.74) is 5.30. The second-order valence-corrected chi connectivity index (χ2v) is 8.19. The minimum absolute atomic E-state index is 0.168. The van der Waals surface area contributed by atoms with Crippen molar-refractivity contribution < 1.29 is 9.59 Å². The molecule has 144 valence electrons. The van der Waals surface area contributed by atoms with Gasteiger partial charge in [-0.2, -0.15) is 0 Å². The van der Waals surface area contributed by atoms with Gasteiger partial charge in [0.2, 0.25) is 11.8 Å². The molecule has 2 aliphatic rings. The van der Waals surface area contributed by atoms with E-state index in [1.807, 2.05) is 9.47 Å². The number of nitrogens with zero attached hydrogens (tertiary/aromatic N) is 4. The van der Waals surface area contributed by atoms with Gasteiger partial charge in [0.1, 0.15) is 5.82 Å². The van der Waals surface area contributed by atoms with Crippen molar-refractivity contribution >= 4 is 23.6 Å². The van der Waals surface area contributed by atoms with Gasteiger partial charge in [-0.15, -0.1) is 10.2 Å². The predicted octanol–water partition coefficient (Wildman–Crippen LogP) is 2.30. The monoisotopic (exact) mass is 379 g/mol. The van der Waals surface area contributed by atoms with Gasteiger partial charge in [0, 0.05) is 31.5 Å². The summed E-state index contributed by atoms with van der Waals surface area (Å²) < 4.78 is 1.98. The molecule has 0 unspecified atom stereocenters. The number of thioether (sulfide) groups is 1. The SMILES string of the molecule is CCN(C(=O)CSc1nnc(C2CC2)n1CCC(N)=O)C1CCCCC1. The van der Waals surface area contributed by atoms with Crippen LogP contribution in [0.5, 0.6) is 0 Å². The van der Waals surface area contributed by atoms with Gasteiger partial charge < -0.3 is 15.2 Å². The van der Waals surface area contributed by atoms with E-state index in [1.165, 1.54) is 31.0 Å². The van der Waals surface area contributed by atoms with E-state index in [-0.39, 0.29) is 18.2 Å². The van der Waals surface area contributed by atoms with E-state index < -0.39 is 0 Å². The van der Waals surface area contributed by atoms with E-state index in [0.717, 1.165) is 43.2 Å². The average molecular weight is 380 g/mol. The van der Waals surface area contributed by atoms with Crippen LogP contribution in [0.1, 0.15) is 70.0 Å². The second-order valence-electron chi connectivity index (χ2n) is 7.24. The molecule has 2 aliphatic carbocycles. The molecule has 0 aliphatic heterocycles. The Hall–Kier alpha value is -1.57. The van der Waals surface area contributed by atoms with Crippen LogP contribution in [0.2, 0.25) is 0 Å². The third-order valence-electron chi connectivity index (χ3n) is 5.27. The van der Waals surface area contributed by atoms with Crippen LogP contribution in [0.25, 0.3) is 0 Å². The summed E-state index contributed by atoms with van der Waals surface area (Å²) in [7, 11) is 0. The molecule has 0 bridgehead atoms. The molecule has 7 nitrogen and oxygen atoms in total. The maximum atomic E-state index is 12.8. The van der Waals surface area contributed by atoms with Crippen molar-refractivity contribution in [2.45, 2.75) is 82.0 Å². The second kappa shape index (κ2) is 8.88. The number of amides is 2. The van der Waals surface area contributed by atoms with Gasteiger partial charge >= 0.3 is 0 Å². The number of aromatic nitrogens is 3. The fourth-order valence-corrected chi connectivity index (χ4v) is 4.58. The first-order chi connectivity index (χ1) is 12.6. The highest BCUT2D eigenvalue weighted by Crippen LogP contribution is 2.40. The lowest BCUT2D eigenvalue weighted by Crippen LogP contribution is -2.42. The molecule has 1 aromatic heterocycles. The Balaban J connectivity index is 1.62. The van der Waals surface area contributed by atoms with Crippen LogP contribution in [0.15, 0.2) is 5.16 Å². The maximum absolute atomic E-state index is 12.8. The predicted molar refractivity (Wildman–Crippen MR) is 101 cm³/mol. The van der Waals surface area contributed by atoms with Crippen LogP contribution in [-0.4, -0.2) is 49.8 Å². The molecule has 8 heteroatoms. The lowest BCUT2D eigenvalue weighted by molar-refractivity contribution is -0.131. The highest BCUT2D eigenvalue weighted by molar-refractivity contribution is 7.99. The Morgan fingerprint density at radius 2 is 1.92 bits per heavy atom. The number of hydrogen-bond acceptors (Lipinski definition) is 5. The third-order valence-corrected chi connectivity index (χ3v) is 6.22. The first-order valence-electron chi connectivity index (χ1n) is 9.73. The number of hydrogen-bond donors (Lipinski definition) is 1. The summed E-state index contributed by atoms with van der Waals surface area (Å²) in [6.45, 7) is 3.30. The number of rotatable bonds is 9. The van der Waals surface area contributed by atoms with Crippen LogP contribution >= 0.6 is 11.8 Å². The van der Waals surface area contributed by atoms with Crippen molar-refractivity contribution in [1.29, 1.82) is 0 Å². The fourth-order valence-electron chi connectivity index (χ4n) is 3.72. The van der Waals surface area contributed by atoms with E-state index in [2.05, 4.69) is 17.1 Å². The van der Waals surface area contributed by atoms with Crippen LogP contribution in [-0.2, 0) is 16.1 Å². The van der Waals surface area contributed by atoms with Crippen molar-refractivity contribution in [3.63, 3.8) is 0 Å². The van der Waals surface area contributed by atoms with E-state index in [9.17, 15) is 9.59 Å².